The van der Waals surface area contributed by atoms with Crippen LogP contribution in [-0.4, -0.2) is 17.6 Å². The van der Waals surface area contributed by atoms with Crippen molar-refractivity contribution in [1.82, 2.24) is 4.98 Å². The summed E-state index contributed by atoms with van der Waals surface area (Å²) < 4.78 is 0. The number of fused-ring (bicyclic) bond motifs is 1. The second-order valence-electron chi connectivity index (χ2n) is 3.92. The van der Waals surface area contributed by atoms with Crippen molar-refractivity contribution in [1.29, 1.82) is 0 Å². The van der Waals surface area contributed by atoms with Crippen LogP contribution in [0.4, 0.5) is 5.69 Å². The minimum absolute atomic E-state index is 0.335. The summed E-state index contributed by atoms with van der Waals surface area (Å²) in [5.41, 5.74) is 9.47. The Bertz CT molecular complexity index is 322. The van der Waals surface area contributed by atoms with Crippen LogP contribution in [0.5, 0.6) is 0 Å². The van der Waals surface area contributed by atoms with Crippen LogP contribution in [0.3, 0.4) is 0 Å². The smallest absolute Gasteiger partial charge is 0.0456 e. The zero-order valence-electron chi connectivity index (χ0n) is 8.59. The number of hydrogen-bond acceptors (Lipinski definition) is 3. The SMILES string of the molecule is CC(CN)Nc1ccnc2c1CCC2. The van der Waals surface area contributed by atoms with E-state index in [1.807, 2.05) is 6.20 Å². The first-order valence-electron chi connectivity index (χ1n) is 5.24. The number of aromatic nitrogens is 1. The van der Waals surface area contributed by atoms with E-state index in [9.17, 15) is 0 Å². The maximum Gasteiger partial charge on any atom is 0.0456 e. The number of pyridine rings is 1. The number of aryl methyl sites for hydroxylation is 1. The van der Waals surface area contributed by atoms with Gasteiger partial charge in [0.05, 0.1) is 0 Å². The second kappa shape index (κ2) is 3.96. The highest BCUT2D eigenvalue weighted by Crippen LogP contribution is 2.27. The van der Waals surface area contributed by atoms with Gasteiger partial charge in [0, 0.05) is 30.2 Å². The van der Waals surface area contributed by atoms with Crippen LogP contribution < -0.4 is 11.1 Å². The summed E-state index contributed by atoms with van der Waals surface area (Å²) in [4.78, 5) is 4.38. The molecule has 3 heteroatoms. The quantitative estimate of drug-likeness (QED) is 0.757. The van der Waals surface area contributed by atoms with Crippen LogP contribution >= 0.6 is 0 Å². The summed E-state index contributed by atoms with van der Waals surface area (Å²) in [5.74, 6) is 0. The first-order chi connectivity index (χ1) is 6.81. The van der Waals surface area contributed by atoms with Crippen molar-refractivity contribution in [2.45, 2.75) is 32.2 Å². The predicted molar refractivity (Wildman–Crippen MR) is 58.4 cm³/mol. The molecule has 1 aromatic rings. The number of rotatable bonds is 3. The molecule has 0 spiro atoms. The van der Waals surface area contributed by atoms with Gasteiger partial charge in [0.25, 0.3) is 0 Å². The Balaban J connectivity index is 2.22. The minimum Gasteiger partial charge on any atom is -0.381 e. The van der Waals surface area contributed by atoms with Gasteiger partial charge >= 0.3 is 0 Å². The van der Waals surface area contributed by atoms with E-state index >= 15 is 0 Å². The molecule has 0 fully saturated rings. The van der Waals surface area contributed by atoms with Crippen LogP contribution in [0.1, 0.15) is 24.6 Å². The molecule has 0 saturated heterocycles. The van der Waals surface area contributed by atoms with Crippen molar-refractivity contribution >= 4 is 5.69 Å². The normalized spacial score (nSPS) is 16.4. The molecule has 1 atom stereocenters. The van der Waals surface area contributed by atoms with Crippen LogP contribution in [0.15, 0.2) is 12.3 Å². The zero-order chi connectivity index (χ0) is 9.97. The van der Waals surface area contributed by atoms with E-state index in [2.05, 4.69) is 23.3 Å². The Morgan fingerprint density at radius 1 is 1.57 bits per heavy atom. The molecule has 1 heterocycles. The standard InChI is InChI=1S/C11H17N3/c1-8(7-12)14-11-5-6-13-10-4-2-3-9(10)11/h5-6,8H,2-4,7,12H2,1H3,(H,13,14). The summed E-state index contributed by atoms with van der Waals surface area (Å²) in [5, 5.41) is 3.43. The summed E-state index contributed by atoms with van der Waals surface area (Å²) >= 11 is 0. The average Bonchev–Trinajstić information content (AvgIpc) is 2.66. The van der Waals surface area contributed by atoms with Gasteiger partial charge in [-0.3, -0.25) is 4.98 Å². The number of nitrogens with one attached hydrogen (secondary N) is 1. The maximum atomic E-state index is 5.59. The van der Waals surface area contributed by atoms with Gasteiger partial charge in [0.1, 0.15) is 0 Å². The lowest BCUT2D eigenvalue weighted by atomic mass is 10.1. The van der Waals surface area contributed by atoms with E-state index in [0.717, 1.165) is 12.8 Å². The molecule has 76 valence electrons. The third kappa shape index (κ3) is 1.73. The van der Waals surface area contributed by atoms with E-state index in [-0.39, 0.29) is 0 Å². The van der Waals surface area contributed by atoms with E-state index in [4.69, 9.17) is 5.73 Å². The van der Waals surface area contributed by atoms with Gasteiger partial charge in [-0.25, -0.2) is 0 Å². The summed E-state index contributed by atoms with van der Waals surface area (Å²) in [6.45, 7) is 2.76. The van der Waals surface area contributed by atoms with Crippen LogP contribution in [-0.2, 0) is 12.8 Å². The molecule has 0 bridgehead atoms. The molecule has 3 nitrogen and oxygen atoms in total. The molecule has 2 rings (SSSR count). The largest absolute Gasteiger partial charge is 0.381 e. The van der Waals surface area contributed by atoms with Gasteiger partial charge in [0.2, 0.25) is 0 Å². The molecule has 1 aromatic heterocycles. The topological polar surface area (TPSA) is 50.9 Å². The fourth-order valence-corrected chi connectivity index (χ4v) is 1.92. The highest BCUT2D eigenvalue weighted by molar-refractivity contribution is 5.54. The molecular weight excluding hydrogens is 174 g/mol. The molecule has 3 N–H and O–H groups in total. The minimum atomic E-state index is 0.335. The average molecular weight is 191 g/mol. The molecule has 0 saturated carbocycles. The third-order valence-electron chi connectivity index (χ3n) is 2.74. The molecule has 1 unspecified atom stereocenters. The first-order valence-corrected chi connectivity index (χ1v) is 5.24. The Hall–Kier alpha value is -1.09. The van der Waals surface area contributed by atoms with Gasteiger partial charge in [0.15, 0.2) is 0 Å². The Morgan fingerprint density at radius 3 is 3.21 bits per heavy atom. The van der Waals surface area contributed by atoms with Gasteiger partial charge in [-0.1, -0.05) is 0 Å². The lowest BCUT2D eigenvalue weighted by molar-refractivity contribution is 0.801. The number of anilines is 1. The van der Waals surface area contributed by atoms with Crippen LogP contribution in [0.25, 0.3) is 0 Å². The molecule has 14 heavy (non-hydrogen) atoms. The lowest BCUT2D eigenvalue weighted by Gasteiger charge is -2.15. The monoisotopic (exact) mass is 191 g/mol. The van der Waals surface area contributed by atoms with Crippen LogP contribution in [0.2, 0.25) is 0 Å². The predicted octanol–water partition coefficient (Wildman–Crippen LogP) is 1.33. The molecule has 1 aliphatic carbocycles. The van der Waals surface area contributed by atoms with E-state index in [0.29, 0.717) is 12.6 Å². The van der Waals surface area contributed by atoms with Gasteiger partial charge in [-0.05, 0) is 37.8 Å². The van der Waals surface area contributed by atoms with Crippen LogP contribution in [0, 0.1) is 0 Å². The van der Waals surface area contributed by atoms with Crippen molar-refractivity contribution in [3.63, 3.8) is 0 Å². The molecule has 0 radical (unpaired) electrons. The summed E-state index contributed by atoms with van der Waals surface area (Å²) in [6.07, 6.45) is 5.40. The maximum absolute atomic E-state index is 5.59. The van der Waals surface area contributed by atoms with E-state index in [1.165, 1.54) is 23.4 Å². The zero-order valence-corrected chi connectivity index (χ0v) is 8.59. The Labute approximate surface area is 84.7 Å². The van der Waals surface area contributed by atoms with Gasteiger partial charge in [-0.15, -0.1) is 0 Å². The van der Waals surface area contributed by atoms with Crippen molar-refractivity contribution in [3.05, 3.63) is 23.5 Å². The van der Waals surface area contributed by atoms with Gasteiger partial charge in [-0.2, -0.15) is 0 Å². The van der Waals surface area contributed by atoms with Crippen molar-refractivity contribution in [3.8, 4) is 0 Å². The molecule has 0 aliphatic heterocycles. The van der Waals surface area contributed by atoms with Crippen molar-refractivity contribution in [2.75, 3.05) is 11.9 Å². The molecule has 0 amide bonds. The number of nitrogens with two attached hydrogens (primary N) is 1. The molecule has 0 aromatic carbocycles. The molecule has 1 aliphatic rings. The fraction of sp³-hybridized carbons (Fsp3) is 0.545. The van der Waals surface area contributed by atoms with Crippen molar-refractivity contribution < 1.29 is 0 Å². The first kappa shape index (κ1) is 9.46. The second-order valence-corrected chi connectivity index (χ2v) is 3.92. The van der Waals surface area contributed by atoms with E-state index in [1.54, 1.807) is 0 Å². The number of hydrogen-bond donors (Lipinski definition) is 2. The lowest BCUT2D eigenvalue weighted by Crippen LogP contribution is -2.25. The summed E-state index contributed by atoms with van der Waals surface area (Å²) in [7, 11) is 0. The Kier molecular flexibility index (Phi) is 2.68. The highest BCUT2D eigenvalue weighted by atomic mass is 14.9. The third-order valence-corrected chi connectivity index (χ3v) is 2.74. The van der Waals surface area contributed by atoms with Gasteiger partial charge < -0.3 is 11.1 Å². The summed E-state index contributed by atoms with van der Waals surface area (Å²) in [6, 6.07) is 2.39. The van der Waals surface area contributed by atoms with Crippen molar-refractivity contribution in [2.24, 2.45) is 5.73 Å². The number of nitrogens with zero attached hydrogens (tertiary/aromatic N) is 1. The Morgan fingerprint density at radius 2 is 2.43 bits per heavy atom. The highest BCUT2D eigenvalue weighted by Gasteiger charge is 2.16. The fourth-order valence-electron chi connectivity index (χ4n) is 1.92. The van der Waals surface area contributed by atoms with E-state index < -0.39 is 0 Å². The molecular formula is C11H17N3.